The molecule has 3 heterocycles. The lowest BCUT2D eigenvalue weighted by molar-refractivity contribution is 0.363. The summed E-state index contributed by atoms with van der Waals surface area (Å²) in [4.78, 5) is 8.56. The number of halogens is 3. The number of benzene rings is 1. The molecule has 3 aromatic rings. The number of nitrogens with zero attached hydrogens (tertiary/aromatic N) is 4. The average Bonchev–Trinajstić information content (AvgIpc) is 3.40. The predicted octanol–water partition coefficient (Wildman–Crippen LogP) is 8.06. The molecule has 170 valence electrons. The molecule has 4 nitrogen and oxygen atoms in total. The average molecular weight is 572 g/mol. The number of thiocarbonyl (C=S) groups is 1. The highest BCUT2D eigenvalue weighted by Gasteiger charge is 2.40. The normalized spacial score (nSPS) is 15.0. The molecule has 0 spiro atoms. The molecule has 0 saturated carbocycles. The minimum atomic E-state index is -0.344. The fourth-order valence-corrected chi connectivity index (χ4v) is 5.57. The summed E-state index contributed by atoms with van der Waals surface area (Å²) >= 11 is 23.5. The number of amidine groups is 1. The molecule has 0 radical (unpaired) electrons. The molecule has 1 aromatic carbocycles. The van der Waals surface area contributed by atoms with Crippen molar-refractivity contribution in [3.8, 4) is 16.3 Å². The van der Waals surface area contributed by atoms with E-state index in [2.05, 4.69) is 47.7 Å². The summed E-state index contributed by atoms with van der Waals surface area (Å²) in [6, 6.07) is 9.57. The lowest BCUT2D eigenvalue weighted by atomic mass is 10.0. The molecule has 0 unspecified atom stereocenters. The number of rotatable bonds is 4. The fourth-order valence-electron chi connectivity index (χ4n) is 3.41. The van der Waals surface area contributed by atoms with Gasteiger partial charge in [0, 0.05) is 17.6 Å². The Morgan fingerprint density at radius 3 is 2.34 bits per heavy atom. The van der Waals surface area contributed by atoms with E-state index < -0.39 is 0 Å². The van der Waals surface area contributed by atoms with Crippen molar-refractivity contribution in [2.24, 2.45) is 4.99 Å². The Balaban J connectivity index is 0.00000141. The SMILES string of the molecule is CC.CCc1c(C2=NC(=S)C(C)(C)N2C)nn(-c2ccc(Cl)cc2Cl)c1-c1ccc(Br)s1. The van der Waals surface area contributed by atoms with Crippen molar-refractivity contribution in [2.45, 2.75) is 46.6 Å². The maximum atomic E-state index is 6.58. The molecule has 0 bridgehead atoms. The van der Waals surface area contributed by atoms with Gasteiger partial charge in [0.2, 0.25) is 0 Å². The van der Waals surface area contributed by atoms with E-state index in [1.54, 1.807) is 17.4 Å². The van der Waals surface area contributed by atoms with E-state index in [1.807, 2.05) is 43.8 Å². The number of aliphatic imine (C=N–C) groups is 1. The van der Waals surface area contributed by atoms with Crippen LogP contribution in [-0.4, -0.2) is 38.1 Å². The second-order valence-corrected chi connectivity index (χ2v) is 11.2. The van der Waals surface area contributed by atoms with Crippen LogP contribution in [0.2, 0.25) is 10.0 Å². The second kappa shape index (κ2) is 9.94. The zero-order valence-corrected chi connectivity index (χ0v) is 23.6. The number of thiophene rings is 1. The van der Waals surface area contributed by atoms with Crippen LogP contribution in [0.4, 0.5) is 0 Å². The lowest BCUT2D eigenvalue weighted by Crippen LogP contribution is -2.44. The van der Waals surface area contributed by atoms with Crippen LogP contribution in [0, 0.1) is 0 Å². The van der Waals surface area contributed by atoms with Gasteiger partial charge in [-0.2, -0.15) is 5.10 Å². The number of hydrogen-bond donors (Lipinski definition) is 0. The topological polar surface area (TPSA) is 33.4 Å². The molecule has 0 saturated heterocycles. The van der Waals surface area contributed by atoms with Crippen molar-refractivity contribution < 1.29 is 0 Å². The molecule has 2 aromatic heterocycles. The first-order chi connectivity index (χ1) is 15.1. The smallest absolute Gasteiger partial charge is 0.158 e. The van der Waals surface area contributed by atoms with E-state index in [0.29, 0.717) is 15.0 Å². The van der Waals surface area contributed by atoms with E-state index in [4.69, 9.17) is 45.5 Å². The van der Waals surface area contributed by atoms with Crippen LogP contribution in [0.25, 0.3) is 16.3 Å². The standard InChI is InChI=1S/C21H19BrCl2N4S2.C2H6/c1-5-12-17(19-25-20(29)21(2,3)27(19)4)26-28(14-7-6-11(23)10-13(14)24)18(12)15-8-9-16(22)30-15;1-2/h6-10H,5H2,1-4H3;1-2H3. The van der Waals surface area contributed by atoms with Crippen molar-refractivity contribution in [3.63, 3.8) is 0 Å². The summed E-state index contributed by atoms with van der Waals surface area (Å²) in [6.45, 7) is 10.3. The van der Waals surface area contributed by atoms with Gasteiger partial charge in [-0.05, 0) is 66.5 Å². The molecular formula is C23H25BrCl2N4S2. The molecule has 9 heteroatoms. The molecule has 32 heavy (non-hydrogen) atoms. The van der Waals surface area contributed by atoms with Crippen LogP contribution in [0.15, 0.2) is 39.1 Å². The summed E-state index contributed by atoms with van der Waals surface area (Å²) < 4.78 is 2.95. The molecule has 1 aliphatic rings. The third-order valence-corrected chi connectivity index (χ3v) is 8.14. The summed E-state index contributed by atoms with van der Waals surface area (Å²) in [5.74, 6) is 0.780. The first-order valence-corrected chi connectivity index (χ1v) is 13.1. The second-order valence-electron chi connectivity index (χ2n) is 7.50. The van der Waals surface area contributed by atoms with Crippen molar-refractivity contribution in [3.05, 3.63) is 55.4 Å². The molecule has 0 atom stereocenters. The van der Waals surface area contributed by atoms with E-state index in [0.717, 1.165) is 43.6 Å². The van der Waals surface area contributed by atoms with Crippen LogP contribution in [-0.2, 0) is 6.42 Å². The van der Waals surface area contributed by atoms with Crippen LogP contribution >= 0.6 is 62.7 Å². The molecule has 0 amide bonds. The number of likely N-dealkylation sites (N-methyl/N-ethyl adjacent to an activating group) is 1. The van der Waals surface area contributed by atoms with Crippen molar-refractivity contribution in [1.29, 1.82) is 0 Å². The fraction of sp³-hybridized carbons (Fsp3) is 0.348. The van der Waals surface area contributed by atoms with Crippen molar-refractivity contribution in [2.75, 3.05) is 7.05 Å². The quantitative estimate of drug-likeness (QED) is 0.297. The van der Waals surface area contributed by atoms with Crippen molar-refractivity contribution >= 4 is 73.5 Å². The van der Waals surface area contributed by atoms with Gasteiger partial charge < -0.3 is 4.90 Å². The van der Waals surface area contributed by atoms with Gasteiger partial charge in [-0.3, -0.25) is 0 Å². The molecule has 0 aliphatic carbocycles. The highest BCUT2D eigenvalue weighted by atomic mass is 79.9. The number of hydrogen-bond acceptors (Lipinski definition) is 4. The lowest BCUT2D eigenvalue weighted by Gasteiger charge is -2.29. The van der Waals surface area contributed by atoms with E-state index in [-0.39, 0.29) is 5.54 Å². The van der Waals surface area contributed by atoms with E-state index >= 15 is 0 Å². The Hall–Kier alpha value is -1.25. The van der Waals surface area contributed by atoms with Crippen LogP contribution in [0.5, 0.6) is 0 Å². The van der Waals surface area contributed by atoms with Crippen molar-refractivity contribution in [1.82, 2.24) is 14.7 Å². The van der Waals surface area contributed by atoms with Gasteiger partial charge >= 0.3 is 0 Å². The van der Waals surface area contributed by atoms with Gasteiger partial charge in [0.15, 0.2) is 5.84 Å². The molecule has 4 rings (SSSR count). The Morgan fingerprint density at radius 2 is 1.84 bits per heavy atom. The van der Waals surface area contributed by atoms with Gasteiger partial charge in [-0.1, -0.05) is 56.2 Å². The Bertz CT molecular complexity index is 1200. The maximum Gasteiger partial charge on any atom is 0.158 e. The maximum absolute atomic E-state index is 6.58. The van der Waals surface area contributed by atoms with Gasteiger partial charge in [-0.15, -0.1) is 11.3 Å². The Labute approximate surface area is 217 Å². The highest BCUT2D eigenvalue weighted by Crippen LogP contribution is 2.39. The zero-order valence-electron chi connectivity index (χ0n) is 18.8. The molecule has 0 N–H and O–H groups in total. The Kier molecular flexibility index (Phi) is 7.88. The molecule has 1 aliphatic heterocycles. The molecule has 0 fully saturated rings. The third-order valence-electron chi connectivity index (χ3n) is 5.38. The molecular weight excluding hydrogens is 547 g/mol. The zero-order chi connectivity index (χ0) is 23.8. The summed E-state index contributed by atoms with van der Waals surface area (Å²) in [5.41, 5.74) is 3.34. The van der Waals surface area contributed by atoms with E-state index in [1.165, 1.54) is 0 Å². The predicted molar refractivity (Wildman–Crippen MR) is 146 cm³/mol. The minimum absolute atomic E-state index is 0.344. The van der Waals surface area contributed by atoms with Crippen LogP contribution in [0.1, 0.15) is 45.9 Å². The highest BCUT2D eigenvalue weighted by molar-refractivity contribution is 9.11. The Morgan fingerprint density at radius 1 is 1.16 bits per heavy atom. The van der Waals surface area contributed by atoms with Gasteiger partial charge in [0.05, 0.1) is 30.6 Å². The van der Waals surface area contributed by atoms with Gasteiger partial charge in [0.25, 0.3) is 0 Å². The summed E-state index contributed by atoms with van der Waals surface area (Å²) in [5, 5.41) is 6.13. The van der Waals surface area contributed by atoms with Gasteiger partial charge in [-0.25, -0.2) is 9.67 Å². The summed E-state index contributed by atoms with van der Waals surface area (Å²) in [6.07, 6.45) is 0.783. The summed E-state index contributed by atoms with van der Waals surface area (Å²) in [7, 11) is 2.01. The van der Waals surface area contributed by atoms with E-state index in [9.17, 15) is 0 Å². The minimum Gasteiger partial charge on any atom is -0.346 e. The van der Waals surface area contributed by atoms with Crippen LogP contribution < -0.4 is 0 Å². The third kappa shape index (κ3) is 4.42. The van der Waals surface area contributed by atoms with Gasteiger partial charge in [0.1, 0.15) is 10.7 Å². The van der Waals surface area contributed by atoms with Crippen LogP contribution in [0.3, 0.4) is 0 Å². The first kappa shape index (κ1) is 25.4. The monoisotopic (exact) mass is 570 g/mol. The largest absolute Gasteiger partial charge is 0.346 e. The first-order valence-electron chi connectivity index (χ1n) is 10.4. The number of aromatic nitrogens is 2.